The van der Waals surface area contributed by atoms with E-state index in [2.05, 4.69) is 13.8 Å². The van der Waals surface area contributed by atoms with Crippen LogP contribution < -0.4 is 0 Å². The maximum atomic E-state index is 4.88. The molecule has 0 amide bonds. The SMILES string of the molecule is [CH2]C1(C)COC1. The zero-order valence-electron chi connectivity index (χ0n) is 4.03. The highest BCUT2D eigenvalue weighted by Crippen LogP contribution is 2.23. The molecule has 0 aliphatic carbocycles. The molecule has 1 radical (unpaired) electrons. The van der Waals surface area contributed by atoms with Crippen molar-refractivity contribution in [2.45, 2.75) is 6.92 Å². The quantitative estimate of drug-likeness (QED) is 0.424. The highest BCUT2D eigenvalue weighted by atomic mass is 16.5. The Kier molecular flexibility index (Phi) is 0.667. The molecule has 0 atom stereocenters. The number of ether oxygens (including phenoxy) is 1. The van der Waals surface area contributed by atoms with Gasteiger partial charge in [-0.3, -0.25) is 0 Å². The third kappa shape index (κ3) is 0.548. The molecule has 0 spiro atoms. The Labute approximate surface area is 38.3 Å². The van der Waals surface area contributed by atoms with Crippen molar-refractivity contribution in [2.24, 2.45) is 5.41 Å². The third-order valence-electron chi connectivity index (χ3n) is 0.901. The van der Waals surface area contributed by atoms with Crippen molar-refractivity contribution in [1.82, 2.24) is 0 Å². The zero-order chi connectivity index (χ0) is 4.62. The van der Waals surface area contributed by atoms with Crippen LogP contribution in [0.2, 0.25) is 0 Å². The molecule has 1 heterocycles. The summed E-state index contributed by atoms with van der Waals surface area (Å²) >= 11 is 0. The van der Waals surface area contributed by atoms with Crippen LogP contribution in [0.15, 0.2) is 0 Å². The first-order valence-electron chi connectivity index (χ1n) is 2.14. The summed E-state index contributed by atoms with van der Waals surface area (Å²) in [7, 11) is 0. The second-order valence-electron chi connectivity index (χ2n) is 2.30. The van der Waals surface area contributed by atoms with E-state index in [0.717, 1.165) is 13.2 Å². The minimum atomic E-state index is 0.250. The average molecular weight is 85.1 g/mol. The second-order valence-corrected chi connectivity index (χ2v) is 2.30. The molecule has 1 saturated heterocycles. The number of rotatable bonds is 0. The van der Waals surface area contributed by atoms with Gasteiger partial charge in [0.15, 0.2) is 0 Å². The van der Waals surface area contributed by atoms with Gasteiger partial charge in [0.1, 0.15) is 0 Å². The molecule has 1 aliphatic heterocycles. The van der Waals surface area contributed by atoms with Gasteiger partial charge in [0.2, 0.25) is 0 Å². The van der Waals surface area contributed by atoms with E-state index in [-0.39, 0.29) is 5.41 Å². The van der Waals surface area contributed by atoms with Crippen molar-refractivity contribution < 1.29 is 4.74 Å². The first-order valence-corrected chi connectivity index (χ1v) is 2.14. The predicted molar refractivity (Wildman–Crippen MR) is 24.3 cm³/mol. The zero-order valence-corrected chi connectivity index (χ0v) is 4.03. The Balaban J connectivity index is 2.31. The summed E-state index contributed by atoms with van der Waals surface area (Å²) < 4.78 is 4.88. The summed E-state index contributed by atoms with van der Waals surface area (Å²) in [4.78, 5) is 0. The molecule has 0 aromatic carbocycles. The standard InChI is InChI=1S/C5H9O/c1-5(2)3-6-4-5/h1,3-4H2,2H3. The lowest BCUT2D eigenvalue weighted by atomic mass is 9.92. The molecule has 1 nitrogen and oxygen atoms in total. The molecule has 1 heteroatoms. The van der Waals surface area contributed by atoms with Gasteiger partial charge < -0.3 is 4.74 Å². The summed E-state index contributed by atoms with van der Waals surface area (Å²) in [6, 6.07) is 0. The van der Waals surface area contributed by atoms with E-state index in [1.165, 1.54) is 0 Å². The molecule has 0 unspecified atom stereocenters. The summed E-state index contributed by atoms with van der Waals surface area (Å²) in [6.45, 7) is 7.62. The fourth-order valence-electron chi connectivity index (χ4n) is 0.451. The maximum Gasteiger partial charge on any atom is 0.0542 e. The van der Waals surface area contributed by atoms with Crippen molar-refractivity contribution in [3.8, 4) is 0 Å². The minimum Gasteiger partial charge on any atom is -0.380 e. The normalized spacial score (nSPS) is 29.0. The van der Waals surface area contributed by atoms with Gasteiger partial charge in [-0.25, -0.2) is 0 Å². The van der Waals surface area contributed by atoms with Crippen LogP contribution in [-0.4, -0.2) is 13.2 Å². The van der Waals surface area contributed by atoms with Gasteiger partial charge >= 0.3 is 0 Å². The lowest BCUT2D eigenvalue weighted by molar-refractivity contribution is -0.0727. The first-order chi connectivity index (χ1) is 2.71. The van der Waals surface area contributed by atoms with E-state index in [0.29, 0.717) is 0 Å². The molecule has 0 N–H and O–H groups in total. The molecule has 35 valence electrons. The smallest absolute Gasteiger partial charge is 0.0542 e. The van der Waals surface area contributed by atoms with Crippen LogP contribution in [-0.2, 0) is 4.74 Å². The molecule has 0 aromatic rings. The predicted octanol–water partition coefficient (Wildman–Crippen LogP) is 0.857. The molecule has 0 saturated carbocycles. The Bertz CT molecular complexity index is 51.0. The molecular weight excluding hydrogens is 76.1 g/mol. The van der Waals surface area contributed by atoms with E-state index in [9.17, 15) is 0 Å². The van der Waals surface area contributed by atoms with Crippen LogP contribution in [0.4, 0.5) is 0 Å². The monoisotopic (exact) mass is 85.1 g/mol. The van der Waals surface area contributed by atoms with Gasteiger partial charge in [0.05, 0.1) is 13.2 Å². The van der Waals surface area contributed by atoms with E-state index >= 15 is 0 Å². The van der Waals surface area contributed by atoms with Crippen molar-refractivity contribution in [1.29, 1.82) is 0 Å². The van der Waals surface area contributed by atoms with Gasteiger partial charge in [-0.2, -0.15) is 0 Å². The summed E-state index contributed by atoms with van der Waals surface area (Å²) in [5.41, 5.74) is 0.250. The lowest BCUT2D eigenvalue weighted by Crippen LogP contribution is -2.36. The second kappa shape index (κ2) is 0.969. The fourth-order valence-corrected chi connectivity index (χ4v) is 0.451. The van der Waals surface area contributed by atoms with Crippen LogP contribution in [0.25, 0.3) is 0 Å². The van der Waals surface area contributed by atoms with Crippen molar-refractivity contribution in [3.63, 3.8) is 0 Å². The minimum absolute atomic E-state index is 0.250. The van der Waals surface area contributed by atoms with Crippen LogP contribution in [0.5, 0.6) is 0 Å². The molecular formula is C5H9O. The van der Waals surface area contributed by atoms with E-state index in [1.807, 2.05) is 0 Å². The largest absolute Gasteiger partial charge is 0.380 e. The third-order valence-corrected chi connectivity index (χ3v) is 0.901. The van der Waals surface area contributed by atoms with Crippen LogP contribution >= 0.6 is 0 Å². The van der Waals surface area contributed by atoms with E-state index in [4.69, 9.17) is 4.74 Å². The van der Waals surface area contributed by atoms with E-state index in [1.54, 1.807) is 0 Å². The van der Waals surface area contributed by atoms with Gasteiger partial charge in [-0.1, -0.05) is 6.92 Å². The van der Waals surface area contributed by atoms with Gasteiger partial charge in [-0.05, 0) is 6.92 Å². The topological polar surface area (TPSA) is 9.23 Å². The maximum absolute atomic E-state index is 4.88. The van der Waals surface area contributed by atoms with Gasteiger partial charge in [-0.15, -0.1) is 0 Å². The number of hydrogen-bond acceptors (Lipinski definition) is 1. The molecule has 1 rings (SSSR count). The molecule has 1 aliphatic rings. The van der Waals surface area contributed by atoms with Crippen LogP contribution in [0.1, 0.15) is 6.92 Å². The molecule has 6 heavy (non-hydrogen) atoms. The van der Waals surface area contributed by atoms with E-state index < -0.39 is 0 Å². The summed E-state index contributed by atoms with van der Waals surface area (Å²) in [6.07, 6.45) is 0. The first kappa shape index (κ1) is 4.13. The Morgan fingerprint density at radius 1 is 1.67 bits per heavy atom. The fraction of sp³-hybridized carbons (Fsp3) is 0.800. The molecule has 0 bridgehead atoms. The number of hydrogen-bond donors (Lipinski definition) is 0. The van der Waals surface area contributed by atoms with Crippen LogP contribution in [0.3, 0.4) is 0 Å². The summed E-state index contributed by atoms with van der Waals surface area (Å²) in [5.74, 6) is 0. The highest BCUT2D eigenvalue weighted by molar-refractivity contribution is 4.82. The Hall–Kier alpha value is -0.0400. The van der Waals surface area contributed by atoms with Crippen LogP contribution in [0, 0.1) is 12.3 Å². The summed E-state index contributed by atoms with van der Waals surface area (Å²) in [5, 5.41) is 0. The average Bonchev–Trinajstić information content (AvgIpc) is 1.32. The highest BCUT2D eigenvalue weighted by Gasteiger charge is 2.26. The van der Waals surface area contributed by atoms with Crippen molar-refractivity contribution in [2.75, 3.05) is 13.2 Å². The molecule has 0 aromatic heterocycles. The lowest BCUT2D eigenvalue weighted by Gasteiger charge is -2.33. The Morgan fingerprint density at radius 3 is 2.00 bits per heavy atom. The molecule has 1 fully saturated rings. The van der Waals surface area contributed by atoms with Crippen molar-refractivity contribution in [3.05, 3.63) is 6.92 Å². The van der Waals surface area contributed by atoms with Crippen molar-refractivity contribution >= 4 is 0 Å². The van der Waals surface area contributed by atoms with Gasteiger partial charge in [0.25, 0.3) is 0 Å². The van der Waals surface area contributed by atoms with Gasteiger partial charge in [0, 0.05) is 5.41 Å². The Morgan fingerprint density at radius 2 is 2.00 bits per heavy atom.